The van der Waals surface area contributed by atoms with Crippen molar-refractivity contribution in [2.75, 3.05) is 26.2 Å². The van der Waals surface area contributed by atoms with Gasteiger partial charge in [-0.1, -0.05) is 12.1 Å². The topological polar surface area (TPSA) is 54.7 Å². The van der Waals surface area contributed by atoms with Crippen LogP contribution in [0.5, 0.6) is 5.75 Å². The van der Waals surface area contributed by atoms with E-state index in [0.29, 0.717) is 18.2 Å². The van der Waals surface area contributed by atoms with Crippen molar-refractivity contribution in [1.82, 2.24) is 20.0 Å². The van der Waals surface area contributed by atoms with Crippen LogP contribution in [0.4, 0.5) is 8.78 Å². The Morgan fingerprint density at radius 1 is 1.41 bits per heavy atom. The molecule has 1 aromatic heterocycles. The molecule has 0 saturated carbocycles. The Morgan fingerprint density at radius 2 is 2.24 bits per heavy atom. The summed E-state index contributed by atoms with van der Waals surface area (Å²) in [6, 6.07) is 7.16. The minimum Gasteiger partial charge on any atom is -0.488 e. The van der Waals surface area contributed by atoms with Crippen molar-refractivity contribution < 1.29 is 13.5 Å². The van der Waals surface area contributed by atoms with Gasteiger partial charge < -0.3 is 15.0 Å². The van der Waals surface area contributed by atoms with Gasteiger partial charge >= 0.3 is 0 Å². The summed E-state index contributed by atoms with van der Waals surface area (Å²) in [5, 5.41) is 7.62. The van der Waals surface area contributed by atoms with Crippen LogP contribution in [0.15, 0.2) is 41.7 Å². The number of aryl methyl sites for hydroxylation is 1. The van der Waals surface area contributed by atoms with Gasteiger partial charge in [0.2, 0.25) is 0 Å². The standard InChI is InChI=1S/C20H27F2N5O.HI/c1-3-23-20(27-8-7-16(13-27)17-11-25-26(2)12-17)24-10-15-5-4-6-18(9-15)28-14-19(21)22;/h4-6,9,11-12,16,19H,3,7-8,10,13-14H2,1-2H3,(H,23,24);1H. The third-order valence-corrected chi connectivity index (χ3v) is 4.70. The fraction of sp³-hybridized carbons (Fsp3) is 0.500. The second-order valence-electron chi connectivity index (χ2n) is 6.90. The summed E-state index contributed by atoms with van der Waals surface area (Å²) in [6.45, 7) is 4.52. The molecule has 1 saturated heterocycles. The molecular weight excluding hydrogens is 491 g/mol. The van der Waals surface area contributed by atoms with Gasteiger partial charge in [-0.3, -0.25) is 4.68 Å². The van der Waals surface area contributed by atoms with Crippen LogP contribution in [-0.4, -0.2) is 53.3 Å². The first-order valence-electron chi connectivity index (χ1n) is 9.57. The fourth-order valence-corrected chi connectivity index (χ4v) is 3.36. The van der Waals surface area contributed by atoms with Gasteiger partial charge in [0, 0.05) is 38.8 Å². The van der Waals surface area contributed by atoms with Crippen molar-refractivity contribution in [1.29, 1.82) is 0 Å². The van der Waals surface area contributed by atoms with Gasteiger partial charge in [-0.15, -0.1) is 24.0 Å². The Kier molecular flexibility index (Phi) is 9.12. The normalized spacial score (nSPS) is 16.8. The lowest BCUT2D eigenvalue weighted by atomic mass is 10.0. The van der Waals surface area contributed by atoms with Crippen LogP contribution in [0, 0.1) is 0 Å². The smallest absolute Gasteiger partial charge is 0.272 e. The van der Waals surface area contributed by atoms with Gasteiger partial charge in [0.1, 0.15) is 12.4 Å². The first-order chi connectivity index (χ1) is 13.5. The summed E-state index contributed by atoms with van der Waals surface area (Å²) in [4.78, 5) is 7.00. The zero-order valence-electron chi connectivity index (χ0n) is 16.7. The van der Waals surface area contributed by atoms with Gasteiger partial charge in [0.05, 0.1) is 12.7 Å². The Labute approximate surface area is 187 Å². The van der Waals surface area contributed by atoms with Crippen molar-refractivity contribution in [2.45, 2.75) is 32.2 Å². The highest BCUT2D eigenvalue weighted by Crippen LogP contribution is 2.26. The third-order valence-electron chi connectivity index (χ3n) is 4.70. The Bertz CT molecular complexity index is 799. The molecule has 1 aromatic carbocycles. The monoisotopic (exact) mass is 519 g/mol. The molecule has 9 heteroatoms. The number of hydrogen-bond donors (Lipinski definition) is 1. The highest BCUT2D eigenvalue weighted by Gasteiger charge is 2.26. The maximum Gasteiger partial charge on any atom is 0.272 e. The molecule has 0 radical (unpaired) electrons. The second kappa shape index (κ2) is 11.3. The summed E-state index contributed by atoms with van der Waals surface area (Å²) in [6.07, 6.45) is 2.59. The van der Waals surface area contributed by atoms with Crippen LogP contribution >= 0.6 is 24.0 Å². The molecule has 0 bridgehead atoms. The maximum atomic E-state index is 12.3. The van der Waals surface area contributed by atoms with Gasteiger partial charge in [-0.25, -0.2) is 13.8 Å². The molecule has 0 spiro atoms. The number of benzene rings is 1. The predicted octanol–water partition coefficient (Wildman–Crippen LogP) is 3.64. The van der Waals surface area contributed by atoms with Crippen molar-refractivity contribution in [2.24, 2.45) is 12.0 Å². The summed E-state index contributed by atoms with van der Waals surface area (Å²) in [5.74, 6) is 1.76. The summed E-state index contributed by atoms with van der Waals surface area (Å²) in [5.41, 5.74) is 2.18. The molecule has 160 valence electrons. The van der Waals surface area contributed by atoms with Crippen LogP contribution in [0.3, 0.4) is 0 Å². The molecule has 2 heterocycles. The second-order valence-corrected chi connectivity index (χ2v) is 6.90. The summed E-state index contributed by atoms with van der Waals surface area (Å²) < 4.78 is 31.6. The van der Waals surface area contributed by atoms with Crippen LogP contribution in [0.2, 0.25) is 0 Å². The van der Waals surface area contributed by atoms with E-state index in [-0.39, 0.29) is 24.0 Å². The number of ether oxygens (including phenoxy) is 1. The van der Waals surface area contributed by atoms with Crippen LogP contribution < -0.4 is 10.1 Å². The Balaban J connectivity index is 0.00000300. The predicted molar refractivity (Wildman–Crippen MR) is 120 cm³/mol. The van der Waals surface area contributed by atoms with Crippen LogP contribution in [0.25, 0.3) is 0 Å². The van der Waals surface area contributed by atoms with E-state index in [9.17, 15) is 8.78 Å². The van der Waals surface area contributed by atoms with E-state index in [1.165, 1.54) is 5.56 Å². The number of aliphatic imine (C=N–C) groups is 1. The maximum absolute atomic E-state index is 12.3. The SMILES string of the molecule is CCNC(=NCc1cccc(OCC(F)F)c1)N1CCC(c2cnn(C)c2)C1.I. The molecule has 2 aromatic rings. The fourth-order valence-electron chi connectivity index (χ4n) is 3.36. The number of aromatic nitrogens is 2. The van der Waals surface area contributed by atoms with Crippen molar-refractivity contribution >= 4 is 29.9 Å². The quantitative estimate of drug-likeness (QED) is 0.345. The van der Waals surface area contributed by atoms with Gasteiger partial charge in [0.25, 0.3) is 6.43 Å². The molecule has 6 nitrogen and oxygen atoms in total. The summed E-state index contributed by atoms with van der Waals surface area (Å²) >= 11 is 0. The van der Waals surface area contributed by atoms with E-state index in [1.54, 1.807) is 18.2 Å². The van der Waals surface area contributed by atoms with Crippen molar-refractivity contribution in [3.05, 3.63) is 47.8 Å². The number of rotatable bonds is 7. The average molecular weight is 519 g/mol. The molecule has 1 unspecified atom stereocenters. The average Bonchev–Trinajstić information content (AvgIpc) is 3.33. The highest BCUT2D eigenvalue weighted by atomic mass is 127. The lowest BCUT2D eigenvalue weighted by Crippen LogP contribution is -2.40. The molecule has 1 N–H and O–H groups in total. The lowest BCUT2D eigenvalue weighted by Gasteiger charge is -2.21. The van der Waals surface area contributed by atoms with Crippen molar-refractivity contribution in [3.63, 3.8) is 0 Å². The number of guanidine groups is 1. The molecule has 3 rings (SSSR count). The highest BCUT2D eigenvalue weighted by molar-refractivity contribution is 14.0. The molecule has 0 amide bonds. The lowest BCUT2D eigenvalue weighted by molar-refractivity contribution is 0.0818. The zero-order chi connectivity index (χ0) is 19.9. The molecule has 1 aliphatic heterocycles. The number of hydrogen-bond acceptors (Lipinski definition) is 3. The number of alkyl halides is 2. The molecule has 1 atom stereocenters. The molecule has 29 heavy (non-hydrogen) atoms. The third kappa shape index (κ3) is 6.83. The minimum absolute atomic E-state index is 0. The summed E-state index contributed by atoms with van der Waals surface area (Å²) in [7, 11) is 1.93. The molecular formula is C20H28F2IN5O. The van der Waals surface area contributed by atoms with E-state index in [4.69, 9.17) is 9.73 Å². The van der Waals surface area contributed by atoms with Gasteiger partial charge in [0.15, 0.2) is 5.96 Å². The number of nitrogens with zero attached hydrogens (tertiary/aromatic N) is 4. The van der Waals surface area contributed by atoms with E-state index in [1.807, 2.05) is 30.9 Å². The Morgan fingerprint density at radius 3 is 2.93 bits per heavy atom. The minimum atomic E-state index is -2.48. The van der Waals surface area contributed by atoms with E-state index in [0.717, 1.165) is 37.6 Å². The molecule has 0 aliphatic carbocycles. The Hall–Kier alpha value is -1.91. The molecule has 1 aliphatic rings. The van der Waals surface area contributed by atoms with Crippen LogP contribution in [0.1, 0.15) is 30.4 Å². The van der Waals surface area contributed by atoms with Gasteiger partial charge in [-0.2, -0.15) is 5.10 Å². The molecule has 1 fully saturated rings. The largest absolute Gasteiger partial charge is 0.488 e. The van der Waals surface area contributed by atoms with E-state index in [2.05, 4.69) is 21.5 Å². The first-order valence-corrected chi connectivity index (χ1v) is 9.57. The van der Waals surface area contributed by atoms with E-state index >= 15 is 0 Å². The number of halogens is 3. The van der Waals surface area contributed by atoms with Gasteiger partial charge in [-0.05, 0) is 36.6 Å². The number of nitrogens with one attached hydrogen (secondary N) is 1. The zero-order valence-corrected chi connectivity index (χ0v) is 19.1. The first kappa shape index (κ1) is 23.4. The van der Waals surface area contributed by atoms with E-state index < -0.39 is 13.0 Å². The number of likely N-dealkylation sites (tertiary alicyclic amines) is 1. The van der Waals surface area contributed by atoms with Crippen LogP contribution in [-0.2, 0) is 13.6 Å². The van der Waals surface area contributed by atoms with Crippen molar-refractivity contribution in [3.8, 4) is 5.75 Å².